The van der Waals surface area contributed by atoms with Crippen LogP contribution in [-0.4, -0.2) is 52.0 Å². The number of likely N-dealkylation sites (tertiary alicyclic amines) is 1. The molecule has 1 atom stereocenters. The number of carbonyl (C=O) groups is 1. The van der Waals surface area contributed by atoms with Gasteiger partial charge in [0.1, 0.15) is 0 Å². The number of hydrogen-bond acceptors (Lipinski definition) is 6. The van der Waals surface area contributed by atoms with Crippen LogP contribution in [0.5, 0.6) is 0 Å². The first-order chi connectivity index (χ1) is 12.2. The largest absolute Gasteiger partial charge is 0.459 e. The Labute approximate surface area is 147 Å². The SMILES string of the molecule is CN(Cc1noc(-c2ccco2)n1)C[C@H]1CC(=O)N(C2CCCC2)C1. The molecule has 2 fully saturated rings. The van der Waals surface area contributed by atoms with Gasteiger partial charge in [0, 0.05) is 25.6 Å². The van der Waals surface area contributed by atoms with Crippen molar-refractivity contribution >= 4 is 5.91 Å². The number of rotatable bonds is 6. The molecule has 134 valence electrons. The van der Waals surface area contributed by atoms with Crippen molar-refractivity contribution < 1.29 is 13.7 Å². The summed E-state index contributed by atoms with van der Waals surface area (Å²) in [5.74, 6) is 2.32. The minimum atomic E-state index is 0.324. The van der Waals surface area contributed by atoms with Crippen molar-refractivity contribution in [3.8, 4) is 11.7 Å². The van der Waals surface area contributed by atoms with Crippen LogP contribution in [0.25, 0.3) is 11.7 Å². The van der Waals surface area contributed by atoms with Gasteiger partial charge in [0.25, 0.3) is 5.89 Å². The molecule has 2 aliphatic rings. The summed E-state index contributed by atoms with van der Waals surface area (Å²) in [5, 5.41) is 4.01. The first kappa shape index (κ1) is 16.3. The predicted octanol–water partition coefficient (Wildman–Crippen LogP) is 2.55. The normalized spacial score (nSPS) is 21.8. The van der Waals surface area contributed by atoms with E-state index >= 15 is 0 Å². The monoisotopic (exact) mass is 344 g/mol. The van der Waals surface area contributed by atoms with Crippen LogP contribution >= 0.6 is 0 Å². The van der Waals surface area contributed by atoms with E-state index in [1.54, 1.807) is 18.4 Å². The third-order valence-electron chi connectivity index (χ3n) is 5.19. The first-order valence-corrected chi connectivity index (χ1v) is 9.03. The van der Waals surface area contributed by atoms with Crippen molar-refractivity contribution in [1.82, 2.24) is 19.9 Å². The Bertz CT molecular complexity index is 706. The van der Waals surface area contributed by atoms with Crippen molar-refractivity contribution in [1.29, 1.82) is 0 Å². The average Bonchev–Trinajstić information content (AvgIpc) is 3.35. The number of aromatic nitrogens is 2. The van der Waals surface area contributed by atoms with Gasteiger partial charge in [-0.3, -0.25) is 9.69 Å². The molecule has 25 heavy (non-hydrogen) atoms. The van der Waals surface area contributed by atoms with Crippen molar-refractivity contribution in [2.75, 3.05) is 20.1 Å². The highest BCUT2D eigenvalue weighted by Crippen LogP contribution is 2.29. The van der Waals surface area contributed by atoms with E-state index in [9.17, 15) is 4.79 Å². The Balaban J connectivity index is 1.30. The van der Waals surface area contributed by atoms with Crippen LogP contribution in [-0.2, 0) is 11.3 Å². The highest BCUT2D eigenvalue weighted by atomic mass is 16.5. The van der Waals surface area contributed by atoms with Crippen LogP contribution < -0.4 is 0 Å². The fraction of sp³-hybridized carbons (Fsp3) is 0.611. The molecule has 1 saturated heterocycles. The average molecular weight is 344 g/mol. The molecule has 1 amide bonds. The van der Waals surface area contributed by atoms with Crippen LogP contribution in [0.4, 0.5) is 0 Å². The summed E-state index contributed by atoms with van der Waals surface area (Å²) in [6.07, 6.45) is 7.10. The molecular weight excluding hydrogens is 320 g/mol. The number of hydrogen-bond donors (Lipinski definition) is 0. The lowest BCUT2D eigenvalue weighted by Crippen LogP contribution is -2.35. The van der Waals surface area contributed by atoms with Crippen molar-refractivity contribution in [2.24, 2.45) is 5.92 Å². The smallest absolute Gasteiger partial charge is 0.293 e. The van der Waals surface area contributed by atoms with Crippen LogP contribution in [0.15, 0.2) is 27.3 Å². The number of nitrogens with zero attached hydrogens (tertiary/aromatic N) is 4. The topological polar surface area (TPSA) is 75.6 Å². The minimum Gasteiger partial charge on any atom is -0.459 e. The van der Waals surface area contributed by atoms with E-state index in [2.05, 4.69) is 19.9 Å². The lowest BCUT2D eigenvalue weighted by atomic mass is 10.1. The molecule has 0 unspecified atom stereocenters. The van der Waals surface area contributed by atoms with E-state index in [4.69, 9.17) is 8.94 Å². The van der Waals surface area contributed by atoms with Crippen LogP contribution in [0, 0.1) is 5.92 Å². The van der Waals surface area contributed by atoms with Gasteiger partial charge in [-0.05, 0) is 37.9 Å². The first-order valence-electron chi connectivity index (χ1n) is 9.03. The van der Waals surface area contributed by atoms with Gasteiger partial charge in [0.2, 0.25) is 5.91 Å². The van der Waals surface area contributed by atoms with Crippen molar-refractivity contribution in [2.45, 2.75) is 44.7 Å². The summed E-state index contributed by atoms with van der Waals surface area (Å²) in [4.78, 5) is 21.0. The zero-order valence-electron chi connectivity index (χ0n) is 14.6. The molecule has 0 aromatic carbocycles. The Morgan fingerprint density at radius 1 is 1.36 bits per heavy atom. The van der Waals surface area contributed by atoms with E-state index in [0.29, 0.717) is 48.3 Å². The minimum absolute atomic E-state index is 0.324. The zero-order valence-corrected chi connectivity index (χ0v) is 14.6. The third-order valence-corrected chi connectivity index (χ3v) is 5.19. The van der Waals surface area contributed by atoms with E-state index < -0.39 is 0 Å². The Morgan fingerprint density at radius 2 is 2.20 bits per heavy atom. The summed E-state index contributed by atoms with van der Waals surface area (Å²) < 4.78 is 10.5. The molecule has 0 radical (unpaired) electrons. The van der Waals surface area contributed by atoms with Crippen LogP contribution in [0.2, 0.25) is 0 Å². The second-order valence-electron chi connectivity index (χ2n) is 7.24. The van der Waals surface area contributed by atoms with E-state index in [0.717, 1.165) is 13.1 Å². The molecule has 2 aromatic heterocycles. The number of furan rings is 1. The Kier molecular flexibility index (Phi) is 4.57. The number of amides is 1. The summed E-state index contributed by atoms with van der Waals surface area (Å²) in [6.45, 7) is 2.34. The highest BCUT2D eigenvalue weighted by Gasteiger charge is 2.35. The maximum absolute atomic E-state index is 12.3. The van der Waals surface area contributed by atoms with Gasteiger partial charge >= 0.3 is 0 Å². The van der Waals surface area contributed by atoms with E-state index in [1.165, 1.54) is 25.7 Å². The quantitative estimate of drug-likeness (QED) is 0.802. The highest BCUT2D eigenvalue weighted by molar-refractivity contribution is 5.79. The Hall–Kier alpha value is -2.15. The maximum Gasteiger partial charge on any atom is 0.293 e. The van der Waals surface area contributed by atoms with E-state index in [-0.39, 0.29) is 0 Å². The van der Waals surface area contributed by atoms with Gasteiger partial charge in [-0.1, -0.05) is 18.0 Å². The summed E-state index contributed by atoms with van der Waals surface area (Å²) >= 11 is 0. The summed E-state index contributed by atoms with van der Waals surface area (Å²) in [6, 6.07) is 4.07. The third kappa shape index (κ3) is 3.61. The molecular formula is C18H24N4O3. The van der Waals surface area contributed by atoms with Gasteiger partial charge in [-0.2, -0.15) is 4.98 Å². The van der Waals surface area contributed by atoms with Crippen LogP contribution in [0.3, 0.4) is 0 Å². The van der Waals surface area contributed by atoms with Crippen molar-refractivity contribution in [3.05, 3.63) is 24.2 Å². The lowest BCUT2D eigenvalue weighted by molar-refractivity contribution is -0.129. The van der Waals surface area contributed by atoms with E-state index in [1.807, 2.05) is 7.05 Å². The van der Waals surface area contributed by atoms with Gasteiger partial charge in [-0.15, -0.1) is 0 Å². The fourth-order valence-corrected chi connectivity index (χ4v) is 4.06. The summed E-state index contributed by atoms with van der Waals surface area (Å²) in [7, 11) is 2.03. The lowest BCUT2D eigenvalue weighted by Gasteiger charge is -2.25. The molecule has 7 heteroatoms. The van der Waals surface area contributed by atoms with Crippen LogP contribution in [0.1, 0.15) is 37.9 Å². The summed E-state index contributed by atoms with van der Waals surface area (Å²) in [5.41, 5.74) is 0. The molecule has 0 N–H and O–H groups in total. The standard InChI is InChI=1S/C18H24N4O3/c1-21(12-16-19-18(25-20-16)15-7-4-8-24-15)10-13-9-17(23)22(11-13)14-5-2-3-6-14/h4,7-8,13-14H,2-3,5-6,9-12H2,1H3/t13-/m1/s1. The second-order valence-corrected chi connectivity index (χ2v) is 7.24. The molecule has 7 nitrogen and oxygen atoms in total. The molecule has 4 rings (SSSR count). The molecule has 3 heterocycles. The van der Waals surface area contributed by atoms with Gasteiger partial charge < -0.3 is 13.8 Å². The van der Waals surface area contributed by atoms with Gasteiger partial charge in [-0.25, -0.2) is 0 Å². The second kappa shape index (κ2) is 7.00. The molecule has 1 aliphatic heterocycles. The van der Waals surface area contributed by atoms with Gasteiger partial charge in [0.15, 0.2) is 11.6 Å². The Morgan fingerprint density at radius 3 is 2.96 bits per heavy atom. The molecule has 0 bridgehead atoms. The zero-order chi connectivity index (χ0) is 17.2. The molecule has 2 aromatic rings. The van der Waals surface area contributed by atoms with Crippen molar-refractivity contribution in [3.63, 3.8) is 0 Å². The predicted molar refractivity (Wildman–Crippen MR) is 90.4 cm³/mol. The van der Waals surface area contributed by atoms with Gasteiger partial charge in [0.05, 0.1) is 12.8 Å². The molecule has 1 saturated carbocycles. The fourth-order valence-electron chi connectivity index (χ4n) is 4.06. The molecule has 1 aliphatic carbocycles. The molecule has 0 spiro atoms. The maximum atomic E-state index is 12.3. The number of carbonyl (C=O) groups excluding carboxylic acids is 1.